The number of sulfone groups is 1. The Bertz CT molecular complexity index is 258. The average molecular weight is 227 g/mol. The van der Waals surface area contributed by atoms with Gasteiger partial charge in [0.2, 0.25) is 0 Å². The molecule has 0 radical (unpaired) electrons. The standard InChI is InChI=1S/C7H14N2O2S.ClH/c10-12(11,6-1-2-6)7-5-8-3-4-9-7;/h6-9H,1-5H2;1H. The Balaban J connectivity index is 0.000000845. The van der Waals surface area contributed by atoms with Crippen molar-refractivity contribution in [2.24, 2.45) is 0 Å². The van der Waals surface area contributed by atoms with Gasteiger partial charge < -0.3 is 5.32 Å². The Hall–Kier alpha value is 0.160. The number of halogens is 1. The highest BCUT2D eigenvalue weighted by molar-refractivity contribution is 7.92. The number of nitrogens with one attached hydrogen (secondary N) is 2. The van der Waals surface area contributed by atoms with Crippen molar-refractivity contribution in [2.45, 2.75) is 23.5 Å². The van der Waals surface area contributed by atoms with Gasteiger partial charge in [0.15, 0.2) is 9.84 Å². The lowest BCUT2D eigenvalue weighted by Gasteiger charge is -2.24. The van der Waals surface area contributed by atoms with E-state index in [1.54, 1.807) is 0 Å². The van der Waals surface area contributed by atoms with Crippen molar-refractivity contribution in [3.8, 4) is 0 Å². The molecule has 0 aromatic rings. The highest BCUT2D eigenvalue weighted by atomic mass is 35.5. The van der Waals surface area contributed by atoms with Crippen LogP contribution in [0.4, 0.5) is 0 Å². The summed E-state index contributed by atoms with van der Waals surface area (Å²) in [6.07, 6.45) is 1.72. The average Bonchev–Trinajstić information content (AvgIpc) is 2.88. The minimum Gasteiger partial charge on any atom is -0.313 e. The fourth-order valence-corrected chi connectivity index (χ4v) is 3.45. The van der Waals surface area contributed by atoms with E-state index in [0.717, 1.165) is 25.9 Å². The van der Waals surface area contributed by atoms with Crippen molar-refractivity contribution in [2.75, 3.05) is 19.6 Å². The van der Waals surface area contributed by atoms with E-state index in [-0.39, 0.29) is 23.0 Å². The summed E-state index contributed by atoms with van der Waals surface area (Å²) in [4.78, 5) is 0. The van der Waals surface area contributed by atoms with Gasteiger partial charge in [-0.25, -0.2) is 8.42 Å². The zero-order valence-corrected chi connectivity index (χ0v) is 8.96. The van der Waals surface area contributed by atoms with Crippen LogP contribution in [0.5, 0.6) is 0 Å². The topological polar surface area (TPSA) is 58.2 Å². The molecule has 2 rings (SSSR count). The third kappa shape index (κ3) is 2.34. The number of piperazine rings is 1. The van der Waals surface area contributed by atoms with Crippen molar-refractivity contribution < 1.29 is 8.42 Å². The first kappa shape index (κ1) is 11.2. The largest absolute Gasteiger partial charge is 0.313 e. The molecule has 6 heteroatoms. The van der Waals surface area contributed by atoms with Crippen LogP contribution in [0.1, 0.15) is 12.8 Å². The Labute approximate surface area is 84.8 Å². The predicted octanol–water partition coefficient (Wildman–Crippen LogP) is -0.496. The predicted molar refractivity (Wildman–Crippen MR) is 53.9 cm³/mol. The van der Waals surface area contributed by atoms with Crippen molar-refractivity contribution >= 4 is 22.2 Å². The summed E-state index contributed by atoms with van der Waals surface area (Å²) in [7, 11) is -2.86. The second kappa shape index (κ2) is 4.13. The highest BCUT2D eigenvalue weighted by Gasteiger charge is 2.41. The van der Waals surface area contributed by atoms with Gasteiger partial charge in [0, 0.05) is 19.6 Å². The molecule has 1 aliphatic heterocycles. The van der Waals surface area contributed by atoms with Crippen molar-refractivity contribution in [1.29, 1.82) is 0 Å². The van der Waals surface area contributed by atoms with Crippen molar-refractivity contribution in [1.82, 2.24) is 10.6 Å². The summed E-state index contributed by atoms with van der Waals surface area (Å²) in [5, 5.41) is 5.73. The first-order valence-corrected chi connectivity index (χ1v) is 5.99. The minimum atomic E-state index is -2.86. The minimum absolute atomic E-state index is 0. The summed E-state index contributed by atoms with van der Waals surface area (Å²) < 4.78 is 23.3. The van der Waals surface area contributed by atoms with Crippen LogP contribution in [-0.2, 0) is 9.84 Å². The van der Waals surface area contributed by atoms with Crippen LogP contribution in [-0.4, -0.2) is 38.7 Å². The Morgan fingerprint density at radius 1 is 1.15 bits per heavy atom. The molecule has 1 saturated heterocycles. The van der Waals surface area contributed by atoms with Gasteiger partial charge in [-0.15, -0.1) is 12.4 Å². The first-order chi connectivity index (χ1) is 5.71. The van der Waals surface area contributed by atoms with Gasteiger partial charge in [0.1, 0.15) is 5.37 Å². The van der Waals surface area contributed by atoms with Crippen LogP contribution in [0.15, 0.2) is 0 Å². The van der Waals surface area contributed by atoms with Crippen molar-refractivity contribution in [3.05, 3.63) is 0 Å². The van der Waals surface area contributed by atoms with Crippen molar-refractivity contribution in [3.63, 3.8) is 0 Å². The fraction of sp³-hybridized carbons (Fsp3) is 1.00. The van der Waals surface area contributed by atoms with Gasteiger partial charge >= 0.3 is 0 Å². The summed E-state index contributed by atoms with van der Waals surface area (Å²) in [5.41, 5.74) is 0. The zero-order valence-electron chi connectivity index (χ0n) is 7.32. The van der Waals surface area contributed by atoms with E-state index in [9.17, 15) is 8.42 Å². The molecule has 1 saturated carbocycles. The molecule has 1 aliphatic carbocycles. The molecule has 1 unspecified atom stereocenters. The van der Waals surface area contributed by atoms with E-state index in [0.29, 0.717) is 6.54 Å². The lowest BCUT2D eigenvalue weighted by Crippen LogP contribution is -2.53. The van der Waals surface area contributed by atoms with Gasteiger partial charge in [-0.3, -0.25) is 5.32 Å². The molecule has 1 heterocycles. The Morgan fingerprint density at radius 2 is 1.85 bits per heavy atom. The van der Waals surface area contributed by atoms with Gasteiger partial charge in [0.05, 0.1) is 5.25 Å². The molecule has 2 aliphatic rings. The van der Waals surface area contributed by atoms with E-state index in [1.165, 1.54) is 0 Å². The highest BCUT2D eigenvalue weighted by Crippen LogP contribution is 2.30. The normalized spacial score (nSPS) is 29.4. The second-order valence-corrected chi connectivity index (χ2v) is 5.85. The van der Waals surface area contributed by atoms with Crippen LogP contribution in [0.25, 0.3) is 0 Å². The van der Waals surface area contributed by atoms with Gasteiger partial charge in [-0.2, -0.15) is 0 Å². The Kier molecular flexibility index (Phi) is 3.57. The molecular weight excluding hydrogens is 212 g/mol. The third-order valence-electron chi connectivity index (χ3n) is 2.39. The van der Waals surface area contributed by atoms with E-state index >= 15 is 0 Å². The molecule has 0 spiro atoms. The molecular formula is C7H15ClN2O2S. The maximum atomic E-state index is 11.6. The van der Waals surface area contributed by atoms with Gasteiger partial charge in [0.25, 0.3) is 0 Å². The van der Waals surface area contributed by atoms with Gasteiger partial charge in [-0.1, -0.05) is 0 Å². The number of hydrogen-bond acceptors (Lipinski definition) is 4. The molecule has 0 aromatic carbocycles. The zero-order chi connectivity index (χ0) is 8.60. The maximum absolute atomic E-state index is 11.6. The molecule has 0 bridgehead atoms. The molecule has 13 heavy (non-hydrogen) atoms. The molecule has 0 aromatic heterocycles. The summed E-state index contributed by atoms with van der Waals surface area (Å²) in [6.45, 7) is 2.20. The number of hydrogen-bond donors (Lipinski definition) is 2. The first-order valence-electron chi connectivity index (χ1n) is 4.38. The molecule has 4 nitrogen and oxygen atoms in total. The monoisotopic (exact) mass is 226 g/mol. The third-order valence-corrected chi connectivity index (χ3v) is 4.92. The number of rotatable bonds is 2. The maximum Gasteiger partial charge on any atom is 0.170 e. The SMILES string of the molecule is Cl.O=S(=O)(C1CC1)C1CNCCN1. The van der Waals surface area contributed by atoms with Crippen LogP contribution in [0, 0.1) is 0 Å². The molecule has 0 amide bonds. The second-order valence-electron chi connectivity index (χ2n) is 3.44. The fourth-order valence-electron chi connectivity index (χ4n) is 1.49. The molecule has 2 fully saturated rings. The molecule has 78 valence electrons. The van der Waals surface area contributed by atoms with Crippen LogP contribution in [0.2, 0.25) is 0 Å². The van der Waals surface area contributed by atoms with E-state index in [4.69, 9.17) is 0 Å². The summed E-state index contributed by atoms with van der Waals surface area (Å²) >= 11 is 0. The van der Waals surface area contributed by atoms with Crippen LogP contribution in [0.3, 0.4) is 0 Å². The van der Waals surface area contributed by atoms with Crippen LogP contribution < -0.4 is 10.6 Å². The lowest BCUT2D eigenvalue weighted by atomic mass is 10.4. The quantitative estimate of drug-likeness (QED) is 0.667. The summed E-state index contributed by atoms with van der Waals surface area (Å²) in [5.74, 6) is 0. The van der Waals surface area contributed by atoms with E-state index in [1.807, 2.05) is 0 Å². The van der Waals surface area contributed by atoms with Gasteiger partial charge in [-0.05, 0) is 12.8 Å². The Morgan fingerprint density at radius 3 is 2.31 bits per heavy atom. The molecule has 2 N–H and O–H groups in total. The smallest absolute Gasteiger partial charge is 0.170 e. The summed E-state index contributed by atoms with van der Waals surface area (Å²) in [6, 6.07) is 0. The lowest BCUT2D eigenvalue weighted by molar-refractivity contribution is 0.474. The van der Waals surface area contributed by atoms with Crippen LogP contribution >= 0.6 is 12.4 Å². The van der Waals surface area contributed by atoms with E-state index in [2.05, 4.69) is 10.6 Å². The molecule has 1 atom stereocenters. The van der Waals surface area contributed by atoms with E-state index < -0.39 is 9.84 Å².